The first-order chi connectivity index (χ1) is 11.6. The SMILES string of the molecule is Cc1ccc(OC[C@H]2CCCNC2)c(Oc2c(Cl)cccc2Cl)n1. The number of hydrogen-bond acceptors (Lipinski definition) is 4. The molecule has 0 bridgehead atoms. The number of para-hydroxylation sites is 1. The first kappa shape index (κ1) is 17.3. The number of pyridine rings is 1. The standard InChI is InChI=1S/C18H20Cl2N2O2/c1-12-7-8-16(23-11-13-4-3-9-21-10-13)18(22-12)24-17-14(19)5-2-6-15(17)20/h2,5-8,13,21H,3-4,9-11H2,1H3/t13-/m0/s1. The third-order valence-electron chi connectivity index (χ3n) is 3.96. The van der Waals surface area contributed by atoms with Crippen molar-refractivity contribution in [1.29, 1.82) is 0 Å². The topological polar surface area (TPSA) is 43.4 Å². The van der Waals surface area contributed by atoms with Gasteiger partial charge in [-0.15, -0.1) is 0 Å². The van der Waals surface area contributed by atoms with Crippen LogP contribution in [0.3, 0.4) is 0 Å². The highest BCUT2D eigenvalue weighted by molar-refractivity contribution is 6.37. The van der Waals surface area contributed by atoms with Crippen LogP contribution in [0.5, 0.6) is 17.4 Å². The second kappa shape index (κ2) is 8.06. The van der Waals surface area contributed by atoms with Crippen LogP contribution < -0.4 is 14.8 Å². The number of benzene rings is 1. The number of nitrogens with one attached hydrogen (secondary N) is 1. The third-order valence-corrected chi connectivity index (χ3v) is 4.55. The zero-order valence-electron chi connectivity index (χ0n) is 13.5. The quantitative estimate of drug-likeness (QED) is 0.819. The van der Waals surface area contributed by atoms with E-state index < -0.39 is 0 Å². The van der Waals surface area contributed by atoms with E-state index in [2.05, 4.69) is 10.3 Å². The molecule has 24 heavy (non-hydrogen) atoms. The van der Waals surface area contributed by atoms with Crippen LogP contribution in [0.15, 0.2) is 30.3 Å². The summed E-state index contributed by atoms with van der Waals surface area (Å²) < 4.78 is 11.8. The Kier molecular flexibility index (Phi) is 5.82. The van der Waals surface area contributed by atoms with Gasteiger partial charge in [0, 0.05) is 18.2 Å². The normalized spacial score (nSPS) is 17.5. The Hall–Kier alpha value is -1.49. The predicted octanol–water partition coefficient (Wildman–Crippen LogP) is 4.87. The van der Waals surface area contributed by atoms with Crippen molar-refractivity contribution in [2.24, 2.45) is 5.92 Å². The third kappa shape index (κ3) is 4.32. The van der Waals surface area contributed by atoms with Gasteiger partial charge in [-0.2, -0.15) is 0 Å². The summed E-state index contributed by atoms with van der Waals surface area (Å²) in [6, 6.07) is 9.00. The van der Waals surface area contributed by atoms with Crippen molar-refractivity contribution < 1.29 is 9.47 Å². The average Bonchev–Trinajstić information content (AvgIpc) is 2.58. The van der Waals surface area contributed by atoms with Gasteiger partial charge in [-0.1, -0.05) is 29.3 Å². The summed E-state index contributed by atoms with van der Waals surface area (Å²) in [4.78, 5) is 4.43. The largest absolute Gasteiger partial charge is 0.488 e. The van der Waals surface area contributed by atoms with Crippen molar-refractivity contribution in [3.8, 4) is 17.4 Å². The summed E-state index contributed by atoms with van der Waals surface area (Å²) in [5, 5.41) is 4.26. The summed E-state index contributed by atoms with van der Waals surface area (Å²) in [7, 11) is 0. The van der Waals surface area contributed by atoms with E-state index in [1.54, 1.807) is 18.2 Å². The molecule has 0 spiro atoms. The Morgan fingerprint density at radius 3 is 2.71 bits per heavy atom. The summed E-state index contributed by atoms with van der Waals surface area (Å²) in [5.74, 6) is 1.87. The second-order valence-electron chi connectivity index (χ2n) is 5.93. The van der Waals surface area contributed by atoms with Crippen molar-refractivity contribution >= 4 is 23.2 Å². The summed E-state index contributed by atoms with van der Waals surface area (Å²) in [6.45, 7) is 4.59. The number of nitrogens with zero attached hydrogens (tertiary/aromatic N) is 1. The van der Waals surface area contributed by atoms with Crippen molar-refractivity contribution in [3.63, 3.8) is 0 Å². The van der Waals surface area contributed by atoms with Gasteiger partial charge in [0.25, 0.3) is 5.88 Å². The van der Waals surface area contributed by atoms with Crippen LogP contribution in [0.4, 0.5) is 0 Å². The van der Waals surface area contributed by atoms with Gasteiger partial charge in [-0.3, -0.25) is 0 Å². The maximum absolute atomic E-state index is 6.18. The molecule has 1 saturated heterocycles. The van der Waals surface area contributed by atoms with Gasteiger partial charge in [0.15, 0.2) is 11.5 Å². The highest BCUT2D eigenvalue weighted by Crippen LogP contribution is 2.38. The molecule has 2 aromatic rings. The Labute approximate surface area is 152 Å². The van der Waals surface area contributed by atoms with E-state index in [0.29, 0.717) is 39.9 Å². The molecule has 1 N–H and O–H groups in total. The van der Waals surface area contributed by atoms with Crippen LogP contribution in [0, 0.1) is 12.8 Å². The molecule has 0 unspecified atom stereocenters. The first-order valence-electron chi connectivity index (χ1n) is 8.06. The molecule has 4 nitrogen and oxygen atoms in total. The van der Waals surface area contributed by atoms with Crippen molar-refractivity contribution in [2.75, 3.05) is 19.7 Å². The summed E-state index contributed by atoms with van der Waals surface area (Å²) in [5.41, 5.74) is 0.833. The van der Waals surface area contributed by atoms with Crippen molar-refractivity contribution in [2.45, 2.75) is 19.8 Å². The zero-order valence-corrected chi connectivity index (χ0v) is 15.0. The lowest BCUT2D eigenvalue weighted by atomic mass is 10.0. The molecule has 1 atom stereocenters. The Bertz CT molecular complexity index is 683. The minimum absolute atomic E-state index is 0.383. The molecule has 3 rings (SSSR count). The molecule has 0 aliphatic carbocycles. The molecule has 6 heteroatoms. The van der Waals surface area contributed by atoms with Gasteiger partial charge >= 0.3 is 0 Å². The van der Waals surface area contributed by atoms with Gasteiger partial charge in [0.1, 0.15) is 0 Å². The van der Waals surface area contributed by atoms with Crippen LogP contribution >= 0.6 is 23.2 Å². The molecule has 1 fully saturated rings. The van der Waals surface area contributed by atoms with Gasteiger partial charge in [0.05, 0.1) is 16.7 Å². The zero-order chi connectivity index (χ0) is 16.9. The molecular weight excluding hydrogens is 347 g/mol. The molecule has 128 valence electrons. The van der Waals surface area contributed by atoms with Gasteiger partial charge in [-0.25, -0.2) is 4.98 Å². The Morgan fingerprint density at radius 2 is 2.00 bits per heavy atom. The van der Waals surface area contributed by atoms with E-state index in [1.807, 2.05) is 19.1 Å². The maximum Gasteiger partial charge on any atom is 0.262 e. The number of rotatable bonds is 5. The minimum Gasteiger partial charge on any atom is -0.488 e. The van der Waals surface area contributed by atoms with Gasteiger partial charge < -0.3 is 14.8 Å². The molecule has 1 aromatic heterocycles. The average molecular weight is 367 g/mol. The smallest absolute Gasteiger partial charge is 0.262 e. The second-order valence-corrected chi connectivity index (χ2v) is 6.75. The van der Waals surface area contributed by atoms with Crippen LogP contribution in [0.1, 0.15) is 18.5 Å². The summed E-state index contributed by atoms with van der Waals surface area (Å²) >= 11 is 12.4. The van der Waals surface area contributed by atoms with Crippen molar-refractivity contribution in [1.82, 2.24) is 10.3 Å². The fraction of sp³-hybridized carbons (Fsp3) is 0.389. The van der Waals surface area contributed by atoms with Crippen LogP contribution in [0.25, 0.3) is 0 Å². The van der Waals surface area contributed by atoms with E-state index >= 15 is 0 Å². The fourth-order valence-electron chi connectivity index (χ4n) is 2.65. The highest BCUT2D eigenvalue weighted by atomic mass is 35.5. The van der Waals surface area contributed by atoms with Crippen LogP contribution in [-0.2, 0) is 0 Å². The van der Waals surface area contributed by atoms with E-state index in [1.165, 1.54) is 12.8 Å². The van der Waals surface area contributed by atoms with Crippen LogP contribution in [0.2, 0.25) is 10.0 Å². The van der Waals surface area contributed by atoms with Crippen molar-refractivity contribution in [3.05, 3.63) is 46.1 Å². The Balaban J connectivity index is 1.77. The maximum atomic E-state index is 6.18. The first-order valence-corrected chi connectivity index (χ1v) is 8.82. The lowest BCUT2D eigenvalue weighted by Gasteiger charge is -2.23. The predicted molar refractivity (Wildman–Crippen MR) is 96.6 cm³/mol. The summed E-state index contributed by atoms with van der Waals surface area (Å²) in [6.07, 6.45) is 2.34. The molecule has 0 amide bonds. The molecule has 1 aliphatic rings. The van der Waals surface area contributed by atoms with Gasteiger partial charge in [-0.05, 0) is 50.6 Å². The molecule has 0 radical (unpaired) electrons. The van der Waals surface area contributed by atoms with E-state index in [9.17, 15) is 0 Å². The lowest BCUT2D eigenvalue weighted by Crippen LogP contribution is -2.33. The Morgan fingerprint density at radius 1 is 1.21 bits per heavy atom. The van der Waals surface area contributed by atoms with E-state index in [4.69, 9.17) is 32.7 Å². The molecule has 2 heterocycles. The van der Waals surface area contributed by atoms with Gasteiger partial charge in [0.2, 0.25) is 0 Å². The number of hydrogen-bond donors (Lipinski definition) is 1. The number of aryl methyl sites for hydroxylation is 1. The fourth-order valence-corrected chi connectivity index (χ4v) is 3.13. The highest BCUT2D eigenvalue weighted by Gasteiger charge is 2.17. The molecular formula is C18H20Cl2N2O2. The van der Waals surface area contributed by atoms with E-state index in [-0.39, 0.29) is 0 Å². The molecule has 1 aromatic carbocycles. The molecule has 1 aliphatic heterocycles. The minimum atomic E-state index is 0.383. The number of aromatic nitrogens is 1. The van der Waals surface area contributed by atoms with E-state index in [0.717, 1.165) is 18.8 Å². The molecule has 0 saturated carbocycles. The number of piperidine rings is 1. The number of ether oxygens (including phenoxy) is 2. The number of halogens is 2. The van der Waals surface area contributed by atoms with Crippen LogP contribution in [-0.4, -0.2) is 24.7 Å². The monoisotopic (exact) mass is 366 g/mol. The lowest BCUT2D eigenvalue weighted by molar-refractivity contribution is 0.211.